The van der Waals surface area contributed by atoms with E-state index in [0.717, 1.165) is 5.56 Å². The highest BCUT2D eigenvalue weighted by Crippen LogP contribution is 2.08. The number of carbonyl (C=O) groups is 3. The lowest BCUT2D eigenvalue weighted by atomic mass is 9.76. The summed E-state index contributed by atoms with van der Waals surface area (Å²) in [5.74, 6) is -3.26. The summed E-state index contributed by atoms with van der Waals surface area (Å²) in [7, 11) is -1.81. The first-order valence-corrected chi connectivity index (χ1v) is 9.42. The van der Waals surface area contributed by atoms with Gasteiger partial charge in [0.25, 0.3) is 5.91 Å². The van der Waals surface area contributed by atoms with Gasteiger partial charge in [-0.2, -0.15) is 0 Å². The Balaban J connectivity index is 1.98. The second-order valence-corrected chi connectivity index (χ2v) is 6.69. The van der Waals surface area contributed by atoms with Gasteiger partial charge in [-0.15, -0.1) is 0 Å². The summed E-state index contributed by atoms with van der Waals surface area (Å²) in [5.41, 5.74) is 6.22. The van der Waals surface area contributed by atoms with Crippen LogP contribution < -0.4 is 16.4 Å². The van der Waals surface area contributed by atoms with Crippen molar-refractivity contribution < 1.29 is 24.4 Å². The van der Waals surface area contributed by atoms with E-state index in [-0.39, 0.29) is 12.1 Å². The second-order valence-electron chi connectivity index (χ2n) is 6.69. The smallest absolute Gasteiger partial charge is 0.426 e. The number of nitrogens with zero attached hydrogens (tertiary/aromatic N) is 2. The maximum absolute atomic E-state index is 12.6. The van der Waals surface area contributed by atoms with Gasteiger partial charge in [0.2, 0.25) is 11.8 Å². The minimum Gasteiger partial charge on any atom is -0.426 e. The number of aromatic nitrogens is 2. The maximum Gasteiger partial charge on any atom is 0.475 e. The molecule has 0 bridgehead atoms. The van der Waals surface area contributed by atoms with E-state index in [9.17, 15) is 24.4 Å². The number of nitrogens with two attached hydrogens (primary N) is 1. The quantitative estimate of drug-likeness (QED) is 0.294. The first-order chi connectivity index (χ1) is 14.4. The summed E-state index contributed by atoms with van der Waals surface area (Å²) in [6.45, 7) is 0. The molecule has 0 aliphatic carbocycles. The molecule has 10 nitrogen and oxygen atoms in total. The molecule has 0 unspecified atom stereocenters. The van der Waals surface area contributed by atoms with Crippen LogP contribution >= 0.6 is 0 Å². The molecular weight excluding hydrogens is 389 g/mol. The highest BCUT2D eigenvalue weighted by molar-refractivity contribution is 6.43. The molecule has 0 saturated heterocycles. The molecule has 30 heavy (non-hydrogen) atoms. The fourth-order valence-electron chi connectivity index (χ4n) is 2.81. The van der Waals surface area contributed by atoms with Crippen LogP contribution in [0.3, 0.4) is 0 Å². The van der Waals surface area contributed by atoms with Crippen LogP contribution in [-0.4, -0.2) is 56.8 Å². The van der Waals surface area contributed by atoms with Crippen LogP contribution in [0.4, 0.5) is 0 Å². The van der Waals surface area contributed by atoms with Crippen molar-refractivity contribution in [3.8, 4) is 0 Å². The van der Waals surface area contributed by atoms with E-state index in [1.165, 1.54) is 18.6 Å². The Hall–Kier alpha value is -3.31. The lowest BCUT2D eigenvalue weighted by molar-refractivity contribution is -0.127. The molecule has 0 aliphatic rings. The van der Waals surface area contributed by atoms with Gasteiger partial charge in [-0.25, -0.2) is 4.98 Å². The predicted octanol–water partition coefficient (Wildman–Crippen LogP) is -1.03. The summed E-state index contributed by atoms with van der Waals surface area (Å²) in [6, 6.07) is 8.32. The minimum absolute atomic E-state index is 0.0404. The van der Waals surface area contributed by atoms with Crippen molar-refractivity contribution in [3.63, 3.8) is 0 Å². The van der Waals surface area contributed by atoms with E-state index < -0.39 is 43.2 Å². The van der Waals surface area contributed by atoms with Gasteiger partial charge in [0.15, 0.2) is 0 Å². The third kappa shape index (κ3) is 7.61. The summed E-state index contributed by atoms with van der Waals surface area (Å²) in [4.78, 5) is 43.8. The summed E-state index contributed by atoms with van der Waals surface area (Å²) < 4.78 is 0. The van der Waals surface area contributed by atoms with Crippen molar-refractivity contribution in [1.82, 2.24) is 20.6 Å². The predicted molar refractivity (Wildman–Crippen MR) is 109 cm³/mol. The molecule has 11 heteroatoms. The maximum atomic E-state index is 12.6. The number of hydrogen-bond donors (Lipinski definition) is 5. The first kappa shape index (κ1) is 23.0. The average Bonchev–Trinajstić information content (AvgIpc) is 2.73. The zero-order chi connectivity index (χ0) is 21.9. The molecule has 3 amide bonds. The van der Waals surface area contributed by atoms with Crippen molar-refractivity contribution in [2.45, 2.75) is 37.7 Å². The van der Waals surface area contributed by atoms with Gasteiger partial charge >= 0.3 is 7.12 Å². The van der Waals surface area contributed by atoms with Crippen LogP contribution in [0.5, 0.6) is 0 Å². The third-order valence-corrected chi connectivity index (χ3v) is 4.33. The average molecular weight is 413 g/mol. The van der Waals surface area contributed by atoms with Crippen LogP contribution in [0, 0.1) is 0 Å². The van der Waals surface area contributed by atoms with Gasteiger partial charge in [0, 0.05) is 12.4 Å². The molecule has 158 valence electrons. The van der Waals surface area contributed by atoms with E-state index in [4.69, 9.17) is 5.73 Å². The molecular formula is C19H24BN5O5. The summed E-state index contributed by atoms with van der Waals surface area (Å²) >= 11 is 0. The molecule has 0 fully saturated rings. The van der Waals surface area contributed by atoms with E-state index in [1.807, 2.05) is 30.3 Å². The standard InChI is InChI=1S/C19H24BN5O5/c21-17(26)11-14(24-19(28)15-12-22-9-10-23-15)18(27)25-16(20(29)30)8-4-7-13-5-2-1-3-6-13/h1-3,5-6,9-10,12,14,16,29-30H,4,7-8,11H2,(H2,21,26)(H,24,28)(H,25,27)/t14-,16+/m1/s1. The van der Waals surface area contributed by atoms with E-state index in [2.05, 4.69) is 20.6 Å². The molecule has 6 N–H and O–H groups in total. The molecule has 2 atom stereocenters. The Labute approximate surface area is 174 Å². The molecule has 0 radical (unpaired) electrons. The Kier molecular flexibility index (Phi) is 8.91. The first-order valence-electron chi connectivity index (χ1n) is 9.42. The van der Waals surface area contributed by atoms with Crippen LogP contribution in [-0.2, 0) is 16.0 Å². The molecule has 0 spiro atoms. The van der Waals surface area contributed by atoms with Crippen molar-refractivity contribution in [2.75, 3.05) is 0 Å². The lowest BCUT2D eigenvalue weighted by Crippen LogP contribution is -2.54. The zero-order valence-corrected chi connectivity index (χ0v) is 16.3. The summed E-state index contributed by atoms with van der Waals surface area (Å²) in [5, 5.41) is 24.1. The van der Waals surface area contributed by atoms with Gasteiger partial charge in [-0.3, -0.25) is 19.4 Å². The molecule has 1 heterocycles. The largest absolute Gasteiger partial charge is 0.475 e. The molecule has 2 rings (SSSR count). The Morgan fingerprint density at radius 2 is 1.83 bits per heavy atom. The van der Waals surface area contributed by atoms with Gasteiger partial charge in [-0.1, -0.05) is 30.3 Å². The Morgan fingerprint density at radius 1 is 1.10 bits per heavy atom. The fourth-order valence-corrected chi connectivity index (χ4v) is 2.81. The number of hydrogen-bond acceptors (Lipinski definition) is 7. The van der Waals surface area contributed by atoms with Gasteiger partial charge in [0.1, 0.15) is 11.7 Å². The number of rotatable bonds is 11. The Morgan fingerprint density at radius 3 is 2.43 bits per heavy atom. The zero-order valence-electron chi connectivity index (χ0n) is 16.3. The molecule has 0 saturated carbocycles. The van der Waals surface area contributed by atoms with Crippen molar-refractivity contribution in [2.24, 2.45) is 5.73 Å². The topological polar surface area (TPSA) is 168 Å². The van der Waals surface area contributed by atoms with E-state index >= 15 is 0 Å². The Bertz CT molecular complexity index is 838. The van der Waals surface area contributed by atoms with Gasteiger partial charge < -0.3 is 26.4 Å². The number of carbonyl (C=O) groups excluding carboxylic acids is 3. The SMILES string of the molecule is NC(=O)C[C@@H](NC(=O)c1cnccn1)C(=O)N[C@@H](CCCc1ccccc1)B(O)O. The van der Waals surface area contributed by atoms with Gasteiger partial charge in [-0.05, 0) is 24.8 Å². The van der Waals surface area contributed by atoms with Crippen molar-refractivity contribution in [3.05, 3.63) is 60.2 Å². The number of primary amides is 1. The fraction of sp³-hybridized carbons (Fsp3) is 0.316. The second kappa shape index (κ2) is 11.6. The van der Waals surface area contributed by atoms with Crippen LogP contribution in [0.2, 0.25) is 0 Å². The molecule has 2 aromatic rings. The monoisotopic (exact) mass is 413 g/mol. The number of aryl methyl sites for hydroxylation is 1. The highest BCUT2D eigenvalue weighted by Gasteiger charge is 2.30. The van der Waals surface area contributed by atoms with Gasteiger partial charge in [0.05, 0.1) is 18.6 Å². The van der Waals surface area contributed by atoms with Crippen LogP contribution in [0.25, 0.3) is 0 Å². The van der Waals surface area contributed by atoms with E-state index in [1.54, 1.807) is 0 Å². The summed E-state index contributed by atoms with van der Waals surface area (Å²) in [6.07, 6.45) is 4.98. The third-order valence-electron chi connectivity index (χ3n) is 4.33. The normalized spacial score (nSPS) is 12.5. The minimum atomic E-state index is -1.81. The van der Waals surface area contributed by atoms with Crippen LogP contribution in [0.15, 0.2) is 48.9 Å². The number of amides is 3. The van der Waals surface area contributed by atoms with E-state index in [0.29, 0.717) is 12.8 Å². The van der Waals surface area contributed by atoms with Crippen molar-refractivity contribution in [1.29, 1.82) is 0 Å². The molecule has 0 aliphatic heterocycles. The van der Waals surface area contributed by atoms with Crippen molar-refractivity contribution >= 4 is 24.8 Å². The lowest BCUT2D eigenvalue weighted by Gasteiger charge is -2.22. The van der Waals surface area contributed by atoms with Crippen LogP contribution in [0.1, 0.15) is 35.3 Å². The number of nitrogens with one attached hydrogen (secondary N) is 2. The molecule has 1 aromatic carbocycles. The number of benzene rings is 1. The highest BCUT2D eigenvalue weighted by atomic mass is 16.4. The molecule has 1 aromatic heterocycles.